The van der Waals surface area contributed by atoms with Crippen molar-refractivity contribution in [2.45, 2.75) is 31.1 Å². The molecule has 2 aromatic rings. The molecule has 19 heavy (non-hydrogen) atoms. The van der Waals surface area contributed by atoms with Crippen LogP contribution in [0.4, 0.5) is 0 Å². The van der Waals surface area contributed by atoms with Gasteiger partial charge < -0.3 is 5.11 Å². The SMILES string of the molecule is O=C(O)c1cccc2c1nnn2CC1CCCCS1. The van der Waals surface area contributed by atoms with Gasteiger partial charge in [0.2, 0.25) is 0 Å². The largest absolute Gasteiger partial charge is 0.478 e. The van der Waals surface area contributed by atoms with Gasteiger partial charge in [-0.2, -0.15) is 11.8 Å². The van der Waals surface area contributed by atoms with Crippen molar-refractivity contribution in [3.05, 3.63) is 23.8 Å². The van der Waals surface area contributed by atoms with Gasteiger partial charge in [-0.1, -0.05) is 17.7 Å². The van der Waals surface area contributed by atoms with Crippen molar-refractivity contribution < 1.29 is 9.90 Å². The molecule has 1 saturated heterocycles. The topological polar surface area (TPSA) is 68.0 Å². The van der Waals surface area contributed by atoms with Crippen LogP contribution in [0.15, 0.2) is 18.2 Å². The maximum Gasteiger partial charge on any atom is 0.338 e. The highest BCUT2D eigenvalue weighted by Gasteiger charge is 2.18. The van der Waals surface area contributed by atoms with Crippen LogP contribution >= 0.6 is 11.8 Å². The number of carbonyl (C=O) groups is 1. The van der Waals surface area contributed by atoms with Gasteiger partial charge in [-0.3, -0.25) is 0 Å². The second-order valence-electron chi connectivity index (χ2n) is 4.74. The Morgan fingerprint density at radius 3 is 3.11 bits per heavy atom. The molecule has 100 valence electrons. The van der Waals surface area contributed by atoms with E-state index in [1.807, 2.05) is 22.5 Å². The second-order valence-corrected chi connectivity index (χ2v) is 6.15. The van der Waals surface area contributed by atoms with Crippen molar-refractivity contribution in [2.24, 2.45) is 0 Å². The average Bonchev–Trinajstić information content (AvgIpc) is 2.83. The predicted molar refractivity (Wildman–Crippen MR) is 74.6 cm³/mol. The van der Waals surface area contributed by atoms with Gasteiger partial charge in [0.25, 0.3) is 0 Å². The van der Waals surface area contributed by atoms with Crippen molar-refractivity contribution in [1.82, 2.24) is 15.0 Å². The van der Waals surface area contributed by atoms with E-state index in [0.717, 1.165) is 12.1 Å². The van der Waals surface area contributed by atoms with Crippen LogP contribution in [-0.2, 0) is 6.54 Å². The molecule has 5 nitrogen and oxygen atoms in total. The van der Waals surface area contributed by atoms with E-state index in [0.29, 0.717) is 10.8 Å². The molecule has 1 aromatic heterocycles. The molecule has 1 aliphatic heterocycles. The molecule has 2 heterocycles. The molecule has 1 fully saturated rings. The van der Waals surface area contributed by atoms with Gasteiger partial charge in [-0.25, -0.2) is 9.48 Å². The minimum Gasteiger partial charge on any atom is -0.478 e. The summed E-state index contributed by atoms with van der Waals surface area (Å²) in [4.78, 5) is 11.1. The van der Waals surface area contributed by atoms with Crippen molar-refractivity contribution in [3.8, 4) is 0 Å². The number of rotatable bonds is 3. The van der Waals surface area contributed by atoms with E-state index < -0.39 is 5.97 Å². The van der Waals surface area contributed by atoms with Crippen molar-refractivity contribution in [1.29, 1.82) is 0 Å². The number of benzene rings is 1. The summed E-state index contributed by atoms with van der Waals surface area (Å²) in [5.74, 6) is 0.252. The number of aromatic nitrogens is 3. The Labute approximate surface area is 115 Å². The highest BCUT2D eigenvalue weighted by molar-refractivity contribution is 7.99. The third kappa shape index (κ3) is 2.45. The number of aromatic carboxylic acids is 1. The number of carboxylic acid groups (broad SMARTS) is 1. The molecule has 0 aliphatic carbocycles. The van der Waals surface area contributed by atoms with Gasteiger partial charge >= 0.3 is 5.97 Å². The zero-order valence-electron chi connectivity index (χ0n) is 10.5. The summed E-state index contributed by atoms with van der Waals surface area (Å²) in [6.45, 7) is 0.810. The van der Waals surface area contributed by atoms with Crippen LogP contribution in [0.2, 0.25) is 0 Å². The molecule has 0 amide bonds. The van der Waals surface area contributed by atoms with E-state index in [1.165, 1.54) is 25.0 Å². The van der Waals surface area contributed by atoms with E-state index in [9.17, 15) is 4.79 Å². The van der Waals surface area contributed by atoms with Gasteiger partial charge in [0.05, 0.1) is 17.6 Å². The number of nitrogens with zero attached hydrogens (tertiary/aromatic N) is 3. The molecule has 1 atom stereocenters. The van der Waals surface area contributed by atoms with Crippen LogP contribution in [0, 0.1) is 0 Å². The Bertz CT molecular complexity index is 605. The fourth-order valence-electron chi connectivity index (χ4n) is 2.44. The first-order valence-electron chi connectivity index (χ1n) is 6.43. The van der Waals surface area contributed by atoms with Crippen LogP contribution in [0.25, 0.3) is 11.0 Å². The summed E-state index contributed by atoms with van der Waals surface area (Å²) >= 11 is 1.98. The molecular formula is C13H15N3O2S. The molecule has 1 N–H and O–H groups in total. The Morgan fingerprint density at radius 2 is 2.37 bits per heavy atom. The maximum atomic E-state index is 11.1. The quantitative estimate of drug-likeness (QED) is 0.933. The average molecular weight is 277 g/mol. The first kappa shape index (κ1) is 12.5. The predicted octanol–water partition coefficient (Wildman–Crippen LogP) is 2.42. The van der Waals surface area contributed by atoms with E-state index in [1.54, 1.807) is 12.1 Å². The minimum absolute atomic E-state index is 0.222. The van der Waals surface area contributed by atoms with Crippen LogP contribution in [0.1, 0.15) is 29.6 Å². The van der Waals surface area contributed by atoms with Crippen molar-refractivity contribution in [2.75, 3.05) is 5.75 Å². The van der Waals surface area contributed by atoms with Gasteiger partial charge in [-0.05, 0) is 30.7 Å². The lowest BCUT2D eigenvalue weighted by molar-refractivity contribution is 0.0699. The van der Waals surface area contributed by atoms with Crippen molar-refractivity contribution >= 4 is 28.8 Å². The van der Waals surface area contributed by atoms with Gasteiger partial charge in [-0.15, -0.1) is 5.10 Å². The first-order chi connectivity index (χ1) is 9.25. The molecule has 1 aliphatic rings. The molecule has 0 spiro atoms. The molecular weight excluding hydrogens is 262 g/mol. The van der Waals surface area contributed by atoms with Crippen LogP contribution < -0.4 is 0 Å². The first-order valence-corrected chi connectivity index (χ1v) is 7.47. The van der Waals surface area contributed by atoms with E-state index >= 15 is 0 Å². The van der Waals surface area contributed by atoms with Gasteiger partial charge in [0, 0.05) is 5.25 Å². The van der Waals surface area contributed by atoms with Crippen LogP contribution in [0.5, 0.6) is 0 Å². The fourth-order valence-corrected chi connectivity index (χ4v) is 3.73. The zero-order chi connectivity index (χ0) is 13.2. The smallest absolute Gasteiger partial charge is 0.338 e. The summed E-state index contributed by atoms with van der Waals surface area (Å²) < 4.78 is 1.84. The van der Waals surface area contributed by atoms with Crippen LogP contribution in [0.3, 0.4) is 0 Å². The standard InChI is InChI=1S/C13H15N3O2S/c17-13(18)10-5-3-6-11-12(10)14-15-16(11)8-9-4-1-2-7-19-9/h3,5-6,9H,1-2,4,7-8H2,(H,17,18). The number of hydrogen-bond acceptors (Lipinski definition) is 4. The third-order valence-corrected chi connectivity index (χ3v) is 4.81. The normalized spacial score (nSPS) is 19.7. The highest BCUT2D eigenvalue weighted by atomic mass is 32.2. The van der Waals surface area contributed by atoms with E-state index in [-0.39, 0.29) is 5.56 Å². The summed E-state index contributed by atoms with van der Waals surface area (Å²) in [6.07, 6.45) is 3.76. The minimum atomic E-state index is -0.954. The lowest BCUT2D eigenvalue weighted by Gasteiger charge is -2.20. The number of hydrogen-bond donors (Lipinski definition) is 1. The fraction of sp³-hybridized carbons (Fsp3) is 0.462. The summed E-state index contributed by atoms with van der Waals surface area (Å²) in [6, 6.07) is 5.20. The lowest BCUT2D eigenvalue weighted by atomic mass is 10.1. The molecule has 0 radical (unpaired) electrons. The van der Waals surface area contributed by atoms with E-state index in [4.69, 9.17) is 5.11 Å². The lowest BCUT2D eigenvalue weighted by Crippen LogP contribution is -2.17. The molecule has 0 bridgehead atoms. The molecule has 1 unspecified atom stereocenters. The highest BCUT2D eigenvalue weighted by Crippen LogP contribution is 2.27. The van der Waals surface area contributed by atoms with Crippen LogP contribution in [-0.4, -0.2) is 37.1 Å². The summed E-state index contributed by atoms with van der Waals surface area (Å²) in [5.41, 5.74) is 1.52. The van der Waals surface area contributed by atoms with E-state index in [2.05, 4.69) is 10.3 Å². The molecule has 1 aromatic carbocycles. The summed E-state index contributed by atoms with van der Waals surface area (Å²) in [5, 5.41) is 17.8. The Hall–Kier alpha value is -1.56. The third-order valence-electron chi connectivity index (χ3n) is 3.43. The summed E-state index contributed by atoms with van der Waals surface area (Å²) in [7, 11) is 0. The second kappa shape index (κ2) is 5.21. The number of thioether (sulfide) groups is 1. The zero-order valence-corrected chi connectivity index (χ0v) is 11.3. The monoisotopic (exact) mass is 277 g/mol. The molecule has 0 saturated carbocycles. The molecule has 3 rings (SSSR count). The Morgan fingerprint density at radius 1 is 1.47 bits per heavy atom. The molecule has 6 heteroatoms. The Balaban J connectivity index is 1.92. The number of fused-ring (bicyclic) bond motifs is 1. The van der Waals surface area contributed by atoms with Gasteiger partial charge in [0.1, 0.15) is 5.52 Å². The maximum absolute atomic E-state index is 11.1. The van der Waals surface area contributed by atoms with Gasteiger partial charge in [0.15, 0.2) is 0 Å². The van der Waals surface area contributed by atoms with Crippen molar-refractivity contribution in [3.63, 3.8) is 0 Å². The Kier molecular flexibility index (Phi) is 3.42. The number of carboxylic acids is 1.